The molecule has 0 radical (unpaired) electrons. The predicted molar refractivity (Wildman–Crippen MR) is 69.9 cm³/mol. The van der Waals surface area contributed by atoms with Crippen LogP contribution in [-0.4, -0.2) is 43.1 Å². The Labute approximate surface area is 99.1 Å². The second kappa shape index (κ2) is 7.23. The third-order valence-corrected chi connectivity index (χ3v) is 2.76. The van der Waals surface area contributed by atoms with Gasteiger partial charge in [-0.15, -0.1) is 0 Å². The molecule has 0 aliphatic carbocycles. The average Bonchev–Trinajstić information content (AvgIpc) is 2.35. The number of anilines is 1. The molecule has 0 atom stereocenters. The van der Waals surface area contributed by atoms with Crippen LogP contribution in [0, 0.1) is 0 Å². The fourth-order valence-electron chi connectivity index (χ4n) is 1.60. The highest BCUT2D eigenvalue weighted by Crippen LogP contribution is 2.09. The molecule has 3 heteroatoms. The molecule has 16 heavy (non-hydrogen) atoms. The van der Waals surface area contributed by atoms with Crippen LogP contribution in [0.3, 0.4) is 0 Å². The summed E-state index contributed by atoms with van der Waals surface area (Å²) >= 11 is 0. The van der Waals surface area contributed by atoms with Crippen LogP contribution in [0.5, 0.6) is 0 Å². The molecule has 0 N–H and O–H groups in total. The van der Waals surface area contributed by atoms with E-state index in [4.69, 9.17) is 0 Å². The lowest BCUT2D eigenvalue weighted by atomic mass is 10.3. The summed E-state index contributed by atoms with van der Waals surface area (Å²) in [6, 6.07) is 6.10. The SMILES string of the molecule is CCCN(CCN(C)CC)c1ccccn1. The molecule has 0 bridgehead atoms. The molecule has 0 fully saturated rings. The maximum Gasteiger partial charge on any atom is 0.128 e. The summed E-state index contributed by atoms with van der Waals surface area (Å²) in [7, 11) is 2.16. The average molecular weight is 221 g/mol. The van der Waals surface area contributed by atoms with Crippen LogP contribution in [-0.2, 0) is 0 Å². The van der Waals surface area contributed by atoms with Crippen molar-refractivity contribution in [2.24, 2.45) is 0 Å². The van der Waals surface area contributed by atoms with Crippen molar-refractivity contribution in [3.05, 3.63) is 24.4 Å². The van der Waals surface area contributed by atoms with Crippen LogP contribution < -0.4 is 4.90 Å². The minimum absolute atomic E-state index is 1.05. The molecule has 90 valence electrons. The van der Waals surface area contributed by atoms with Crippen molar-refractivity contribution >= 4 is 5.82 Å². The quantitative estimate of drug-likeness (QED) is 0.704. The molecule has 0 aliphatic rings. The molecule has 1 aromatic heterocycles. The van der Waals surface area contributed by atoms with Gasteiger partial charge in [0.1, 0.15) is 5.82 Å². The minimum Gasteiger partial charge on any atom is -0.355 e. The van der Waals surface area contributed by atoms with Crippen molar-refractivity contribution in [1.82, 2.24) is 9.88 Å². The van der Waals surface area contributed by atoms with Crippen molar-refractivity contribution in [1.29, 1.82) is 0 Å². The first-order valence-electron chi connectivity index (χ1n) is 6.12. The molecule has 3 nitrogen and oxygen atoms in total. The topological polar surface area (TPSA) is 19.4 Å². The van der Waals surface area contributed by atoms with E-state index in [1.807, 2.05) is 12.3 Å². The van der Waals surface area contributed by atoms with Crippen LogP contribution in [0.2, 0.25) is 0 Å². The highest BCUT2D eigenvalue weighted by Gasteiger charge is 2.06. The van der Waals surface area contributed by atoms with Crippen LogP contribution in [0.1, 0.15) is 20.3 Å². The summed E-state index contributed by atoms with van der Waals surface area (Å²) < 4.78 is 0. The standard InChI is InChI=1S/C13H23N3/c1-4-10-16(12-11-15(3)5-2)13-8-6-7-9-14-13/h6-9H,4-5,10-12H2,1-3H3. The Kier molecular flexibility index (Phi) is 5.86. The summed E-state index contributed by atoms with van der Waals surface area (Å²) in [5.74, 6) is 1.09. The van der Waals surface area contributed by atoms with Gasteiger partial charge in [-0.2, -0.15) is 0 Å². The smallest absolute Gasteiger partial charge is 0.128 e. The number of nitrogens with zero attached hydrogens (tertiary/aromatic N) is 3. The van der Waals surface area contributed by atoms with E-state index in [-0.39, 0.29) is 0 Å². The first kappa shape index (κ1) is 13.0. The van der Waals surface area contributed by atoms with Gasteiger partial charge in [0.15, 0.2) is 0 Å². The lowest BCUT2D eigenvalue weighted by Gasteiger charge is -2.25. The van der Waals surface area contributed by atoms with E-state index < -0.39 is 0 Å². The summed E-state index contributed by atoms with van der Waals surface area (Å²) in [6.45, 7) is 8.71. The van der Waals surface area contributed by atoms with Crippen molar-refractivity contribution in [3.8, 4) is 0 Å². The minimum atomic E-state index is 1.05. The van der Waals surface area contributed by atoms with Gasteiger partial charge in [0.25, 0.3) is 0 Å². The first-order chi connectivity index (χ1) is 7.77. The zero-order valence-corrected chi connectivity index (χ0v) is 10.7. The number of aromatic nitrogens is 1. The van der Waals surface area contributed by atoms with E-state index in [0.717, 1.165) is 38.4 Å². The first-order valence-corrected chi connectivity index (χ1v) is 6.12. The molecular weight excluding hydrogens is 198 g/mol. The monoisotopic (exact) mass is 221 g/mol. The van der Waals surface area contributed by atoms with E-state index in [2.05, 4.69) is 47.8 Å². The van der Waals surface area contributed by atoms with Gasteiger partial charge in [0.2, 0.25) is 0 Å². The Balaban J connectivity index is 2.54. The Bertz CT molecular complexity index is 274. The molecule has 0 aromatic carbocycles. The summed E-state index contributed by atoms with van der Waals surface area (Å²) in [5, 5.41) is 0. The number of rotatable bonds is 7. The Morgan fingerprint density at radius 2 is 1.94 bits per heavy atom. The van der Waals surface area contributed by atoms with E-state index in [1.165, 1.54) is 0 Å². The van der Waals surface area contributed by atoms with Crippen LogP contribution in [0.25, 0.3) is 0 Å². The largest absolute Gasteiger partial charge is 0.355 e. The molecule has 1 aromatic rings. The summed E-state index contributed by atoms with van der Waals surface area (Å²) in [4.78, 5) is 9.09. The molecule has 0 saturated carbocycles. The van der Waals surface area contributed by atoms with Gasteiger partial charge >= 0.3 is 0 Å². The van der Waals surface area contributed by atoms with Crippen molar-refractivity contribution in [3.63, 3.8) is 0 Å². The maximum absolute atomic E-state index is 4.41. The fourth-order valence-corrected chi connectivity index (χ4v) is 1.60. The van der Waals surface area contributed by atoms with Gasteiger partial charge < -0.3 is 9.80 Å². The number of hydrogen-bond acceptors (Lipinski definition) is 3. The van der Waals surface area contributed by atoms with Crippen LogP contribution in [0.15, 0.2) is 24.4 Å². The van der Waals surface area contributed by atoms with E-state index >= 15 is 0 Å². The molecule has 0 spiro atoms. The Hall–Kier alpha value is -1.09. The molecule has 0 saturated heterocycles. The highest BCUT2D eigenvalue weighted by molar-refractivity contribution is 5.37. The molecule has 0 unspecified atom stereocenters. The Morgan fingerprint density at radius 3 is 2.50 bits per heavy atom. The molecule has 0 amide bonds. The number of pyridine rings is 1. The third kappa shape index (κ3) is 4.19. The van der Waals surface area contributed by atoms with Crippen LogP contribution >= 0.6 is 0 Å². The van der Waals surface area contributed by atoms with Gasteiger partial charge in [-0.25, -0.2) is 4.98 Å². The van der Waals surface area contributed by atoms with Gasteiger partial charge in [0, 0.05) is 25.8 Å². The molecule has 1 rings (SSSR count). The number of hydrogen-bond donors (Lipinski definition) is 0. The predicted octanol–water partition coefficient (Wildman–Crippen LogP) is 2.25. The normalized spacial score (nSPS) is 10.8. The van der Waals surface area contributed by atoms with Gasteiger partial charge in [-0.3, -0.25) is 0 Å². The highest BCUT2D eigenvalue weighted by atomic mass is 15.2. The Morgan fingerprint density at radius 1 is 1.12 bits per heavy atom. The van der Waals surface area contributed by atoms with Gasteiger partial charge in [0.05, 0.1) is 0 Å². The summed E-state index contributed by atoms with van der Waals surface area (Å²) in [6.07, 6.45) is 3.02. The van der Waals surface area contributed by atoms with Gasteiger partial charge in [-0.05, 0) is 32.1 Å². The van der Waals surface area contributed by atoms with E-state index in [0.29, 0.717) is 0 Å². The second-order valence-corrected chi connectivity index (χ2v) is 4.07. The second-order valence-electron chi connectivity index (χ2n) is 4.07. The summed E-state index contributed by atoms with van der Waals surface area (Å²) in [5.41, 5.74) is 0. The van der Waals surface area contributed by atoms with Crippen molar-refractivity contribution in [2.75, 3.05) is 38.1 Å². The third-order valence-electron chi connectivity index (χ3n) is 2.76. The van der Waals surface area contributed by atoms with Gasteiger partial charge in [-0.1, -0.05) is 19.9 Å². The zero-order chi connectivity index (χ0) is 11.8. The molecular formula is C13H23N3. The van der Waals surface area contributed by atoms with Crippen molar-refractivity contribution in [2.45, 2.75) is 20.3 Å². The lowest BCUT2D eigenvalue weighted by Crippen LogP contribution is -2.34. The molecule has 1 heterocycles. The zero-order valence-electron chi connectivity index (χ0n) is 10.7. The number of likely N-dealkylation sites (N-methyl/N-ethyl adjacent to an activating group) is 1. The van der Waals surface area contributed by atoms with E-state index in [9.17, 15) is 0 Å². The van der Waals surface area contributed by atoms with E-state index in [1.54, 1.807) is 0 Å². The van der Waals surface area contributed by atoms with Crippen LogP contribution in [0.4, 0.5) is 5.82 Å². The molecule has 0 aliphatic heterocycles. The lowest BCUT2D eigenvalue weighted by molar-refractivity contribution is 0.358. The van der Waals surface area contributed by atoms with Crippen molar-refractivity contribution < 1.29 is 0 Å². The maximum atomic E-state index is 4.41. The fraction of sp³-hybridized carbons (Fsp3) is 0.615.